The first kappa shape index (κ1) is 21.9. The minimum atomic E-state index is -0.922. The van der Waals surface area contributed by atoms with E-state index in [2.05, 4.69) is 4.98 Å². The first-order chi connectivity index (χ1) is 13.2. The summed E-state index contributed by atoms with van der Waals surface area (Å²) in [6.07, 6.45) is 1.41. The molecule has 0 bridgehead atoms. The highest BCUT2D eigenvalue weighted by atomic mass is 35.5. The van der Waals surface area contributed by atoms with Gasteiger partial charge in [-0.3, -0.25) is 4.79 Å². The number of aldehydes is 1. The zero-order valence-electron chi connectivity index (χ0n) is 16.3. The van der Waals surface area contributed by atoms with Crippen molar-refractivity contribution in [2.75, 3.05) is 13.1 Å². The van der Waals surface area contributed by atoms with Crippen molar-refractivity contribution in [2.24, 2.45) is 0 Å². The molecule has 0 fully saturated rings. The van der Waals surface area contributed by atoms with Crippen LogP contribution in [0.1, 0.15) is 48.4 Å². The second-order valence-electron chi connectivity index (χ2n) is 7.47. The molecule has 1 unspecified atom stereocenters. The van der Waals surface area contributed by atoms with Gasteiger partial charge in [0.1, 0.15) is 17.0 Å². The Morgan fingerprint density at radius 2 is 1.93 bits per heavy atom. The molecule has 1 aromatic carbocycles. The van der Waals surface area contributed by atoms with E-state index in [4.69, 9.17) is 16.3 Å². The highest BCUT2D eigenvalue weighted by Gasteiger charge is 2.24. The monoisotopic (exact) mass is 404 g/mol. The third-order valence-corrected chi connectivity index (χ3v) is 4.19. The van der Waals surface area contributed by atoms with Gasteiger partial charge in [0, 0.05) is 23.9 Å². The summed E-state index contributed by atoms with van der Waals surface area (Å²) in [5, 5.41) is 10.9. The Kier molecular flexibility index (Phi) is 7.54. The number of aliphatic hydroxyl groups is 1. The highest BCUT2D eigenvalue weighted by Crippen LogP contribution is 2.18. The van der Waals surface area contributed by atoms with E-state index >= 15 is 0 Å². The normalized spacial score (nSPS) is 12.3. The zero-order valence-corrected chi connectivity index (χ0v) is 17.0. The van der Waals surface area contributed by atoms with E-state index in [-0.39, 0.29) is 6.54 Å². The van der Waals surface area contributed by atoms with Crippen LogP contribution in [0.5, 0.6) is 0 Å². The van der Waals surface area contributed by atoms with Crippen molar-refractivity contribution in [1.82, 2.24) is 9.88 Å². The quantitative estimate of drug-likeness (QED) is 0.556. The molecule has 0 aliphatic rings. The third kappa shape index (κ3) is 6.94. The summed E-state index contributed by atoms with van der Waals surface area (Å²) in [7, 11) is 0. The summed E-state index contributed by atoms with van der Waals surface area (Å²) < 4.78 is 5.47. The molecule has 1 heterocycles. The second kappa shape index (κ2) is 9.66. The number of aliphatic hydroxyl groups excluding tert-OH is 1. The van der Waals surface area contributed by atoms with Gasteiger partial charge in [-0.2, -0.15) is 0 Å². The molecule has 0 radical (unpaired) electrons. The van der Waals surface area contributed by atoms with E-state index in [0.29, 0.717) is 29.2 Å². The molecule has 0 spiro atoms. The SMILES string of the molecule is CC(C)(C)OC(=O)N(CCc1ccc(C=O)cc1)CC(O)c1ccc(Cl)nc1. The fourth-order valence-corrected chi connectivity index (χ4v) is 2.62. The van der Waals surface area contributed by atoms with E-state index in [1.165, 1.54) is 11.1 Å². The average Bonchev–Trinajstić information content (AvgIpc) is 2.64. The van der Waals surface area contributed by atoms with Crippen LogP contribution in [0.4, 0.5) is 4.79 Å². The van der Waals surface area contributed by atoms with Crippen molar-refractivity contribution in [2.45, 2.75) is 38.9 Å². The molecule has 7 heteroatoms. The first-order valence-electron chi connectivity index (χ1n) is 8.99. The van der Waals surface area contributed by atoms with Crippen LogP contribution >= 0.6 is 11.6 Å². The first-order valence-corrected chi connectivity index (χ1v) is 9.37. The lowest BCUT2D eigenvalue weighted by atomic mass is 10.1. The lowest BCUT2D eigenvalue weighted by molar-refractivity contribution is 0.0146. The average molecular weight is 405 g/mol. The van der Waals surface area contributed by atoms with Gasteiger partial charge in [-0.1, -0.05) is 41.9 Å². The van der Waals surface area contributed by atoms with Gasteiger partial charge in [-0.05, 0) is 38.8 Å². The summed E-state index contributed by atoms with van der Waals surface area (Å²) >= 11 is 5.79. The van der Waals surface area contributed by atoms with Crippen molar-refractivity contribution in [3.8, 4) is 0 Å². The molecular formula is C21H25ClN2O4. The molecule has 2 rings (SSSR count). The van der Waals surface area contributed by atoms with Gasteiger partial charge in [-0.15, -0.1) is 0 Å². The third-order valence-electron chi connectivity index (χ3n) is 3.97. The second-order valence-corrected chi connectivity index (χ2v) is 7.85. The fraction of sp³-hybridized carbons (Fsp3) is 0.381. The topological polar surface area (TPSA) is 79.7 Å². The Bertz CT molecular complexity index is 786. The number of pyridine rings is 1. The predicted molar refractivity (Wildman–Crippen MR) is 108 cm³/mol. The minimum Gasteiger partial charge on any atom is -0.444 e. The number of hydrogen-bond donors (Lipinski definition) is 1. The van der Waals surface area contributed by atoms with Crippen molar-refractivity contribution in [3.63, 3.8) is 0 Å². The molecule has 28 heavy (non-hydrogen) atoms. The predicted octanol–water partition coefficient (Wildman–Crippen LogP) is 4.06. The highest BCUT2D eigenvalue weighted by molar-refractivity contribution is 6.29. The lowest BCUT2D eigenvalue weighted by Crippen LogP contribution is -2.40. The number of amides is 1. The molecule has 0 saturated carbocycles. The van der Waals surface area contributed by atoms with Gasteiger partial charge in [0.05, 0.1) is 12.6 Å². The number of hydrogen-bond acceptors (Lipinski definition) is 5. The van der Waals surface area contributed by atoms with Crippen LogP contribution in [-0.4, -0.2) is 46.1 Å². The largest absolute Gasteiger partial charge is 0.444 e. The number of rotatable bonds is 7. The van der Waals surface area contributed by atoms with Gasteiger partial charge in [0.25, 0.3) is 0 Å². The maximum atomic E-state index is 12.6. The molecular weight excluding hydrogens is 380 g/mol. The fourth-order valence-electron chi connectivity index (χ4n) is 2.51. The summed E-state index contributed by atoms with van der Waals surface area (Å²) in [6, 6.07) is 10.4. The summed E-state index contributed by atoms with van der Waals surface area (Å²) in [6.45, 7) is 5.79. The molecule has 0 saturated heterocycles. The number of aromatic nitrogens is 1. The summed E-state index contributed by atoms with van der Waals surface area (Å²) in [4.78, 5) is 28.8. The van der Waals surface area contributed by atoms with Gasteiger partial charge in [-0.25, -0.2) is 9.78 Å². The Morgan fingerprint density at radius 3 is 2.46 bits per heavy atom. The summed E-state index contributed by atoms with van der Waals surface area (Å²) in [5.41, 5.74) is 1.49. The number of ether oxygens (including phenoxy) is 1. The zero-order chi connectivity index (χ0) is 20.7. The van der Waals surface area contributed by atoms with Crippen molar-refractivity contribution >= 4 is 24.0 Å². The van der Waals surface area contributed by atoms with Crippen LogP contribution < -0.4 is 0 Å². The molecule has 2 aromatic rings. The minimum absolute atomic E-state index is 0.0602. The van der Waals surface area contributed by atoms with Gasteiger partial charge < -0.3 is 14.7 Å². The van der Waals surface area contributed by atoms with Crippen LogP contribution in [0.15, 0.2) is 42.6 Å². The number of nitrogens with zero attached hydrogens (tertiary/aromatic N) is 2. The Labute approximate surface area is 170 Å². The number of halogens is 1. The summed E-state index contributed by atoms with van der Waals surface area (Å²) in [5.74, 6) is 0. The van der Waals surface area contributed by atoms with Crippen molar-refractivity contribution < 1.29 is 19.4 Å². The van der Waals surface area contributed by atoms with Crippen molar-refractivity contribution in [3.05, 3.63) is 64.4 Å². The molecule has 1 N–H and O–H groups in total. The van der Waals surface area contributed by atoms with E-state index in [9.17, 15) is 14.7 Å². The molecule has 0 aliphatic heterocycles. The van der Waals surface area contributed by atoms with E-state index in [1.54, 1.807) is 45.0 Å². The lowest BCUT2D eigenvalue weighted by Gasteiger charge is -2.29. The molecule has 0 aliphatic carbocycles. The van der Waals surface area contributed by atoms with E-state index < -0.39 is 17.8 Å². The molecule has 150 valence electrons. The maximum absolute atomic E-state index is 12.6. The van der Waals surface area contributed by atoms with Gasteiger partial charge in [0.2, 0.25) is 0 Å². The Morgan fingerprint density at radius 1 is 1.25 bits per heavy atom. The van der Waals surface area contributed by atoms with Crippen LogP contribution in [-0.2, 0) is 11.2 Å². The van der Waals surface area contributed by atoms with Crippen LogP contribution in [0.3, 0.4) is 0 Å². The van der Waals surface area contributed by atoms with Crippen LogP contribution in [0.25, 0.3) is 0 Å². The Balaban J connectivity index is 2.09. The van der Waals surface area contributed by atoms with E-state index in [1.807, 2.05) is 12.1 Å². The number of carbonyl (C=O) groups is 2. The van der Waals surface area contributed by atoms with Crippen LogP contribution in [0.2, 0.25) is 5.15 Å². The maximum Gasteiger partial charge on any atom is 0.410 e. The van der Waals surface area contributed by atoms with Gasteiger partial charge >= 0.3 is 6.09 Å². The molecule has 6 nitrogen and oxygen atoms in total. The van der Waals surface area contributed by atoms with Crippen molar-refractivity contribution in [1.29, 1.82) is 0 Å². The Hall–Kier alpha value is -2.44. The van der Waals surface area contributed by atoms with Crippen LogP contribution in [0, 0.1) is 0 Å². The molecule has 1 amide bonds. The van der Waals surface area contributed by atoms with E-state index in [0.717, 1.165) is 11.8 Å². The smallest absolute Gasteiger partial charge is 0.410 e. The number of carbonyl (C=O) groups excluding carboxylic acids is 2. The molecule has 1 atom stereocenters. The van der Waals surface area contributed by atoms with Gasteiger partial charge in [0.15, 0.2) is 0 Å². The molecule has 1 aromatic heterocycles. The number of benzene rings is 1. The standard InChI is InChI=1S/C21H25ClN2O4/c1-21(2,3)28-20(27)24(11-10-15-4-6-16(14-25)7-5-15)13-18(26)17-8-9-19(22)23-12-17/h4-9,12,14,18,26H,10-11,13H2,1-3H3.